The SMILES string of the molecule is CS(=O)(=O)c1cnc(C(=O)Nc2cc(-c3ccc(F)cc3)ccc2N)s1. The van der Waals surface area contributed by atoms with Crippen molar-refractivity contribution < 1.29 is 17.6 Å². The second-order valence-electron chi connectivity index (χ2n) is 5.52. The third-order valence-corrected chi connectivity index (χ3v) is 6.31. The van der Waals surface area contributed by atoms with Crippen LogP contribution in [0.15, 0.2) is 52.9 Å². The summed E-state index contributed by atoms with van der Waals surface area (Å²) in [6, 6.07) is 10.9. The van der Waals surface area contributed by atoms with Crippen LogP contribution in [-0.2, 0) is 9.84 Å². The molecule has 1 amide bonds. The quantitative estimate of drug-likeness (QED) is 0.665. The van der Waals surface area contributed by atoms with E-state index in [0.29, 0.717) is 11.4 Å². The molecule has 3 rings (SSSR count). The zero-order valence-electron chi connectivity index (χ0n) is 13.6. The Balaban J connectivity index is 1.87. The zero-order valence-corrected chi connectivity index (χ0v) is 15.2. The molecule has 0 bridgehead atoms. The largest absolute Gasteiger partial charge is 0.397 e. The maximum atomic E-state index is 13.1. The zero-order chi connectivity index (χ0) is 18.9. The average molecular weight is 391 g/mol. The normalized spacial score (nSPS) is 11.3. The first-order valence-corrected chi connectivity index (χ1v) is 10.1. The van der Waals surface area contributed by atoms with Crippen LogP contribution in [0.4, 0.5) is 15.8 Å². The number of thiazole rings is 1. The van der Waals surface area contributed by atoms with Crippen molar-refractivity contribution in [2.45, 2.75) is 4.21 Å². The molecule has 0 spiro atoms. The van der Waals surface area contributed by atoms with Gasteiger partial charge in [-0.25, -0.2) is 17.8 Å². The second-order valence-corrected chi connectivity index (χ2v) is 8.79. The number of hydrogen-bond acceptors (Lipinski definition) is 6. The van der Waals surface area contributed by atoms with Crippen LogP contribution in [0.2, 0.25) is 0 Å². The van der Waals surface area contributed by atoms with Gasteiger partial charge in [-0.3, -0.25) is 4.79 Å². The average Bonchev–Trinajstić information content (AvgIpc) is 3.08. The van der Waals surface area contributed by atoms with Gasteiger partial charge in [0.2, 0.25) is 0 Å². The van der Waals surface area contributed by atoms with Gasteiger partial charge in [0.05, 0.1) is 17.6 Å². The van der Waals surface area contributed by atoms with E-state index in [0.717, 1.165) is 34.9 Å². The van der Waals surface area contributed by atoms with E-state index >= 15 is 0 Å². The summed E-state index contributed by atoms with van der Waals surface area (Å²) in [7, 11) is -3.42. The van der Waals surface area contributed by atoms with Crippen molar-refractivity contribution in [1.29, 1.82) is 0 Å². The molecular weight excluding hydrogens is 377 g/mol. The molecule has 9 heteroatoms. The highest BCUT2D eigenvalue weighted by Crippen LogP contribution is 2.28. The fourth-order valence-electron chi connectivity index (χ4n) is 2.20. The second kappa shape index (κ2) is 6.85. The molecule has 6 nitrogen and oxygen atoms in total. The lowest BCUT2D eigenvalue weighted by Crippen LogP contribution is -2.12. The predicted molar refractivity (Wildman–Crippen MR) is 99.4 cm³/mol. The lowest BCUT2D eigenvalue weighted by atomic mass is 10.0. The van der Waals surface area contributed by atoms with Gasteiger partial charge in [-0.1, -0.05) is 29.5 Å². The molecule has 0 unspecified atom stereocenters. The maximum absolute atomic E-state index is 13.1. The van der Waals surface area contributed by atoms with E-state index < -0.39 is 15.7 Å². The van der Waals surface area contributed by atoms with Crippen LogP contribution in [0.25, 0.3) is 11.1 Å². The Morgan fingerprint density at radius 2 is 1.81 bits per heavy atom. The smallest absolute Gasteiger partial charge is 0.284 e. The molecule has 0 aliphatic carbocycles. The number of nitrogens with zero attached hydrogens (tertiary/aromatic N) is 1. The van der Waals surface area contributed by atoms with Crippen LogP contribution in [0, 0.1) is 5.82 Å². The van der Waals surface area contributed by atoms with Crippen molar-refractivity contribution in [2.24, 2.45) is 0 Å². The van der Waals surface area contributed by atoms with Crippen molar-refractivity contribution in [3.05, 3.63) is 59.5 Å². The number of nitrogens with one attached hydrogen (secondary N) is 1. The first-order chi connectivity index (χ1) is 12.2. The van der Waals surface area contributed by atoms with Gasteiger partial charge in [0.15, 0.2) is 14.8 Å². The molecule has 0 fully saturated rings. The molecular formula is C17H14FN3O3S2. The molecule has 1 aromatic heterocycles. The summed E-state index contributed by atoms with van der Waals surface area (Å²) in [4.78, 5) is 16.2. The number of anilines is 2. The molecule has 3 aromatic rings. The van der Waals surface area contributed by atoms with Crippen LogP contribution < -0.4 is 11.1 Å². The van der Waals surface area contributed by atoms with Crippen molar-refractivity contribution in [3.63, 3.8) is 0 Å². The Morgan fingerprint density at radius 1 is 1.15 bits per heavy atom. The fraction of sp³-hybridized carbons (Fsp3) is 0.0588. The number of carbonyl (C=O) groups is 1. The Kier molecular flexibility index (Phi) is 4.75. The van der Waals surface area contributed by atoms with Gasteiger partial charge < -0.3 is 11.1 Å². The van der Waals surface area contributed by atoms with Gasteiger partial charge in [-0.05, 0) is 35.4 Å². The van der Waals surface area contributed by atoms with Crippen LogP contribution in [0.3, 0.4) is 0 Å². The van der Waals surface area contributed by atoms with Crippen LogP contribution in [0.5, 0.6) is 0 Å². The summed E-state index contributed by atoms with van der Waals surface area (Å²) in [5.41, 5.74) is 8.10. The third kappa shape index (κ3) is 3.89. The van der Waals surface area contributed by atoms with Gasteiger partial charge >= 0.3 is 0 Å². The summed E-state index contributed by atoms with van der Waals surface area (Å²) in [6.07, 6.45) is 2.19. The first-order valence-electron chi connectivity index (χ1n) is 7.37. The molecule has 2 aromatic carbocycles. The summed E-state index contributed by atoms with van der Waals surface area (Å²) in [5, 5.41) is 2.64. The summed E-state index contributed by atoms with van der Waals surface area (Å²) >= 11 is 0.782. The Bertz CT molecular complexity index is 1080. The Morgan fingerprint density at radius 3 is 2.42 bits per heavy atom. The molecule has 0 radical (unpaired) electrons. The predicted octanol–water partition coefficient (Wildman–Crippen LogP) is 3.19. The highest BCUT2D eigenvalue weighted by Gasteiger charge is 2.17. The minimum atomic E-state index is -3.42. The number of nitrogens with two attached hydrogens (primary N) is 1. The molecule has 134 valence electrons. The number of aromatic nitrogens is 1. The van der Waals surface area contributed by atoms with E-state index in [1.165, 1.54) is 12.1 Å². The summed E-state index contributed by atoms with van der Waals surface area (Å²) in [5.74, 6) is -0.906. The molecule has 1 heterocycles. The van der Waals surface area contributed by atoms with E-state index in [4.69, 9.17) is 5.73 Å². The molecule has 3 N–H and O–H groups in total. The van der Waals surface area contributed by atoms with E-state index in [9.17, 15) is 17.6 Å². The van der Waals surface area contributed by atoms with E-state index in [2.05, 4.69) is 10.3 Å². The standard InChI is InChI=1S/C17H14FN3O3S2/c1-26(23,24)15-9-20-17(25-15)16(22)21-14-8-11(4-7-13(14)19)10-2-5-12(18)6-3-10/h2-9H,19H2,1H3,(H,21,22). The number of sulfone groups is 1. The molecule has 0 saturated carbocycles. The maximum Gasteiger partial charge on any atom is 0.284 e. The lowest BCUT2D eigenvalue weighted by molar-refractivity contribution is 0.102. The number of nitrogen functional groups attached to an aromatic ring is 1. The summed E-state index contributed by atoms with van der Waals surface area (Å²) in [6.45, 7) is 0. The van der Waals surface area contributed by atoms with Crippen molar-refractivity contribution in [1.82, 2.24) is 4.98 Å². The van der Waals surface area contributed by atoms with Gasteiger partial charge in [0.25, 0.3) is 5.91 Å². The number of hydrogen-bond donors (Lipinski definition) is 2. The molecule has 0 saturated heterocycles. The highest BCUT2D eigenvalue weighted by molar-refractivity contribution is 7.92. The monoisotopic (exact) mass is 391 g/mol. The number of halogens is 1. The van der Waals surface area contributed by atoms with Crippen molar-refractivity contribution in [3.8, 4) is 11.1 Å². The van der Waals surface area contributed by atoms with Crippen molar-refractivity contribution >= 4 is 38.5 Å². The number of rotatable bonds is 4. The third-order valence-electron chi connectivity index (χ3n) is 3.52. The first kappa shape index (κ1) is 18.0. The molecule has 0 aliphatic rings. The molecule has 0 atom stereocenters. The number of carbonyl (C=O) groups excluding carboxylic acids is 1. The minimum absolute atomic E-state index is 0.00989. The number of amides is 1. The molecule has 0 aliphatic heterocycles. The van der Waals surface area contributed by atoms with Crippen LogP contribution in [-0.4, -0.2) is 25.6 Å². The van der Waals surface area contributed by atoms with Gasteiger partial charge in [-0.15, -0.1) is 0 Å². The van der Waals surface area contributed by atoms with Gasteiger partial charge in [-0.2, -0.15) is 0 Å². The topological polar surface area (TPSA) is 102 Å². The fourth-order valence-corrected chi connectivity index (χ4v) is 3.83. The van der Waals surface area contributed by atoms with E-state index in [1.807, 2.05) is 0 Å². The molecule has 26 heavy (non-hydrogen) atoms. The van der Waals surface area contributed by atoms with E-state index in [1.54, 1.807) is 30.3 Å². The Labute approximate surface area is 153 Å². The van der Waals surface area contributed by atoms with Crippen LogP contribution >= 0.6 is 11.3 Å². The van der Waals surface area contributed by atoms with Crippen LogP contribution in [0.1, 0.15) is 9.80 Å². The van der Waals surface area contributed by atoms with Gasteiger partial charge in [0.1, 0.15) is 10.0 Å². The minimum Gasteiger partial charge on any atom is -0.397 e. The highest BCUT2D eigenvalue weighted by atomic mass is 32.2. The number of benzene rings is 2. The summed E-state index contributed by atoms with van der Waals surface area (Å²) < 4.78 is 36.1. The Hall–Kier alpha value is -2.78. The van der Waals surface area contributed by atoms with Crippen molar-refractivity contribution in [2.75, 3.05) is 17.3 Å². The lowest BCUT2D eigenvalue weighted by Gasteiger charge is -2.10. The van der Waals surface area contributed by atoms with E-state index in [-0.39, 0.29) is 15.0 Å². The van der Waals surface area contributed by atoms with Gasteiger partial charge in [0, 0.05) is 6.26 Å².